The lowest BCUT2D eigenvalue weighted by Gasteiger charge is -2.27. The zero-order valence-corrected chi connectivity index (χ0v) is 9.17. The molecule has 2 unspecified atom stereocenters. The van der Waals surface area contributed by atoms with Gasteiger partial charge in [-0.1, -0.05) is 13.0 Å². The zero-order valence-electron chi connectivity index (χ0n) is 8.36. The van der Waals surface area contributed by atoms with Crippen molar-refractivity contribution in [1.82, 2.24) is 0 Å². The van der Waals surface area contributed by atoms with Crippen molar-refractivity contribution in [3.05, 3.63) is 29.3 Å². The summed E-state index contributed by atoms with van der Waals surface area (Å²) in [5.74, 6) is 1.80. The first kappa shape index (κ1) is 9.87. The molecule has 14 heavy (non-hydrogen) atoms. The highest BCUT2D eigenvalue weighted by atomic mass is 32.2. The quantitative estimate of drug-likeness (QED) is 0.771. The van der Waals surface area contributed by atoms with Crippen molar-refractivity contribution in [3.8, 4) is 5.75 Å². The minimum absolute atomic E-state index is 0.273. The van der Waals surface area contributed by atoms with Gasteiger partial charge in [-0.25, -0.2) is 0 Å². The summed E-state index contributed by atoms with van der Waals surface area (Å²) in [6.07, 6.45) is -0.362. The molecule has 76 valence electrons. The number of rotatable bonds is 1. The van der Waals surface area contributed by atoms with Crippen LogP contribution in [-0.2, 0) is 5.75 Å². The number of fused-ring (bicyclic) bond motifs is 1. The summed E-state index contributed by atoms with van der Waals surface area (Å²) in [5, 5.41) is 10.2. The summed E-state index contributed by atoms with van der Waals surface area (Å²) in [7, 11) is 1.65. The summed E-state index contributed by atoms with van der Waals surface area (Å²) in [6.45, 7) is 2.05. The van der Waals surface area contributed by atoms with E-state index in [9.17, 15) is 5.11 Å². The fourth-order valence-electron chi connectivity index (χ4n) is 1.67. The van der Waals surface area contributed by atoms with E-state index in [0.717, 1.165) is 17.1 Å². The molecule has 0 aliphatic carbocycles. The molecule has 2 atom stereocenters. The van der Waals surface area contributed by atoms with Gasteiger partial charge in [0.05, 0.1) is 13.2 Å². The van der Waals surface area contributed by atoms with Crippen LogP contribution in [0, 0.1) is 0 Å². The summed E-state index contributed by atoms with van der Waals surface area (Å²) in [6, 6.07) is 5.93. The number of benzene rings is 1. The van der Waals surface area contributed by atoms with Crippen LogP contribution >= 0.6 is 11.8 Å². The van der Waals surface area contributed by atoms with Crippen molar-refractivity contribution >= 4 is 11.8 Å². The van der Waals surface area contributed by atoms with Crippen LogP contribution in [0.4, 0.5) is 0 Å². The second kappa shape index (κ2) is 3.83. The van der Waals surface area contributed by atoms with Crippen molar-refractivity contribution in [1.29, 1.82) is 0 Å². The number of ether oxygens (including phenoxy) is 1. The van der Waals surface area contributed by atoms with Crippen LogP contribution in [0.3, 0.4) is 0 Å². The Labute approximate surface area is 88.3 Å². The zero-order chi connectivity index (χ0) is 10.1. The fourth-order valence-corrected chi connectivity index (χ4v) is 2.71. The molecule has 1 aromatic carbocycles. The number of aliphatic hydroxyl groups excluding tert-OH is 1. The topological polar surface area (TPSA) is 29.5 Å². The van der Waals surface area contributed by atoms with Crippen molar-refractivity contribution in [2.45, 2.75) is 24.0 Å². The smallest absolute Gasteiger partial charge is 0.119 e. The van der Waals surface area contributed by atoms with Gasteiger partial charge in [0.25, 0.3) is 0 Å². The van der Waals surface area contributed by atoms with Crippen LogP contribution in [0.25, 0.3) is 0 Å². The Morgan fingerprint density at radius 2 is 2.29 bits per heavy atom. The lowest BCUT2D eigenvalue weighted by molar-refractivity contribution is 0.176. The Balaban J connectivity index is 2.41. The van der Waals surface area contributed by atoms with E-state index in [1.807, 2.05) is 18.2 Å². The van der Waals surface area contributed by atoms with E-state index < -0.39 is 0 Å². The molecular formula is C11H14O2S. The van der Waals surface area contributed by atoms with Gasteiger partial charge in [0.1, 0.15) is 5.75 Å². The van der Waals surface area contributed by atoms with Gasteiger partial charge >= 0.3 is 0 Å². The van der Waals surface area contributed by atoms with Gasteiger partial charge in [-0.2, -0.15) is 11.8 Å². The number of aliphatic hydroxyl groups is 1. The largest absolute Gasteiger partial charge is 0.497 e. The summed E-state index contributed by atoms with van der Waals surface area (Å²) in [5.41, 5.74) is 2.25. The Kier molecular flexibility index (Phi) is 2.70. The maximum Gasteiger partial charge on any atom is 0.119 e. The van der Waals surface area contributed by atoms with Crippen molar-refractivity contribution in [3.63, 3.8) is 0 Å². The van der Waals surface area contributed by atoms with E-state index in [0.29, 0.717) is 0 Å². The number of hydrogen-bond donors (Lipinski definition) is 1. The van der Waals surface area contributed by atoms with E-state index >= 15 is 0 Å². The third-order valence-electron chi connectivity index (χ3n) is 2.62. The molecular weight excluding hydrogens is 196 g/mol. The molecule has 1 heterocycles. The van der Waals surface area contributed by atoms with Crippen LogP contribution in [0.15, 0.2) is 18.2 Å². The first-order valence-corrected chi connectivity index (χ1v) is 5.73. The minimum atomic E-state index is -0.362. The maximum absolute atomic E-state index is 9.97. The van der Waals surface area contributed by atoms with Crippen molar-refractivity contribution in [2.75, 3.05) is 7.11 Å². The van der Waals surface area contributed by atoms with E-state index in [4.69, 9.17) is 4.74 Å². The summed E-state index contributed by atoms with van der Waals surface area (Å²) >= 11 is 1.79. The van der Waals surface area contributed by atoms with Crippen LogP contribution in [0.1, 0.15) is 24.2 Å². The minimum Gasteiger partial charge on any atom is -0.497 e. The van der Waals surface area contributed by atoms with E-state index in [-0.39, 0.29) is 11.4 Å². The molecule has 0 saturated heterocycles. The van der Waals surface area contributed by atoms with Gasteiger partial charge < -0.3 is 9.84 Å². The van der Waals surface area contributed by atoms with Crippen molar-refractivity contribution < 1.29 is 9.84 Å². The lowest BCUT2D eigenvalue weighted by Crippen LogP contribution is -2.18. The highest BCUT2D eigenvalue weighted by Gasteiger charge is 2.25. The molecule has 1 aliphatic heterocycles. The molecule has 2 nitrogen and oxygen atoms in total. The molecule has 2 rings (SSSR count). The Hall–Kier alpha value is -0.670. The monoisotopic (exact) mass is 210 g/mol. The van der Waals surface area contributed by atoms with Crippen LogP contribution in [0.5, 0.6) is 5.75 Å². The highest BCUT2D eigenvalue weighted by molar-refractivity contribution is 7.99. The Morgan fingerprint density at radius 1 is 1.50 bits per heavy atom. The molecule has 3 heteroatoms. The number of hydrogen-bond acceptors (Lipinski definition) is 3. The Bertz CT molecular complexity index is 338. The standard InChI is InChI=1S/C11H14O2S/c1-7-11(12)10-5-9(13-2)4-3-8(10)6-14-7/h3-5,7,11-12H,6H2,1-2H3. The molecule has 0 radical (unpaired) electrons. The highest BCUT2D eigenvalue weighted by Crippen LogP contribution is 2.38. The van der Waals surface area contributed by atoms with Gasteiger partial charge in [0, 0.05) is 11.0 Å². The number of methoxy groups -OCH3 is 1. The maximum atomic E-state index is 9.97. The average molecular weight is 210 g/mol. The molecule has 0 fully saturated rings. The molecule has 0 saturated carbocycles. The normalized spacial score (nSPS) is 25.6. The SMILES string of the molecule is COc1ccc2c(c1)C(O)C(C)SC2. The molecule has 1 aliphatic rings. The van der Waals surface area contributed by atoms with E-state index in [1.54, 1.807) is 18.9 Å². The van der Waals surface area contributed by atoms with Gasteiger partial charge in [0.2, 0.25) is 0 Å². The lowest BCUT2D eigenvalue weighted by atomic mass is 10.0. The van der Waals surface area contributed by atoms with Crippen LogP contribution < -0.4 is 4.74 Å². The molecule has 1 aromatic rings. The molecule has 0 amide bonds. The third-order valence-corrected chi connectivity index (χ3v) is 3.88. The Morgan fingerprint density at radius 3 is 3.00 bits per heavy atom. The fraction of sp³-hybridized carbons (Fsp3) is 0.455. The van der Waals surface area contributed by atoms with Gasteiger partial charge in [-0.3, -0.25) is 0 Å². The second-order valence-electron chi connectivity index (χ2n) is 3.53. The molecule has 0 aromatic heterocycles. The second-order valence-corrected chi connectivity index (χ2v) is 4.89. The predicted octanol–water partition coefficient (Wildman–Crippen LogP) is 2.36. The predicted molar refractivity (Wildman–Crippen MR) is 58.7 cm³/mol. The average Bonchev–Trinajstić information content (AvgIpc) is 2.23. The van der Waals surface area contributed by atoms with E-state index in [2.05, 4.69) is 6.92 Å². The summed E-state index contributed by atoms with van der Waals surface area (Å²) in [4.78, 5) is 0. The number of thioether (sulfide) groups is 1. The van der Waals surface area contributed by atoms with Gasteiger partial charge in [-0.15, -0.1) is 0 Å². The van der Waals surface area contributed by atoms with Gasteiger partial charge in [-0.05, 0) is 23.3 Å². The van der Waals surface area contributed by atoms with Gasteiger partial charge in [0.15, 0.2) is 0 Å². The van der Waals surface area contributed by atoms with Crippen LogP contribution in [0.2, 0.25) is 0 Å². The molecule has 0 bridgehead atoms. The third kappa shape index (κ3) is 1.62. The van der Waals surface area contributed by atoms with Crippen molar-refractivity contribution in [2.24, 2.45) is 0 Å². The van der Waals surface area contributed by atoms with Crippen LogP contribution in [-0.4, -0.2) is 17.5 Å². The molecule has 1 N–H and O–H groups in total. The van der Waals surface area contributed by atoms with E-state index in [1.165, 1.54) is 5.56 Å². The first-order valence-electron chi connectivity index (χ1n) is 4.69. The molecule has 0 spiro atoms. The summed E-state index contributed by atoms with van der Waals surface area (Å²) < 4.78 is 5.15. The first-order chi connectivity index (χ1) is 6.72.